The molecule has 0 saturated heterocycles. The van der Waals surface area contributed by atoms with E-state index in [4.69, 9.17) is 0 Å². The van der Waals surface area contributed by atoms with Gasteiger partial charge < -0.3 is 0 Å². The van der Waals surface area contributed by atoms with Crippen molar-refractivity contribution in [1.29, 1.82) is 0 Å². The van der Waals surface area contributed by atoms with E-state index in [2.05, 4.69) is 64.9 Å². The van der Waals surface area contributed by atoms with E-state index in [-0.39, 0.29) is 0 Å². The van der Waals surface area contributed by atoms with Gasteiger partial charge in [-0.05, 0) is 17.7 Å². The Hall–Kier alpha value is 0.877. The zero-order chi connectivity index (χ0) is 8.48. The highest BCUT2D eigenvalue weighted by molar-refractivity contribution is 9.72. The first-order valence-electron chi connectivity index (χ1n) is 3.14. The maximum atomic E-state index is 3.61. The summed E-state index contributed by atoms with van der Waals surface area (Å²) in [7, 11) is 0. The lowest BCUT2D eigenvalue weighted by Gasteiger charge is -2.11. The first kappa shape index (κ1) is 9.96. The van der Waals surface area contributed by atoms with Crippen LogP contribution in [-0.2, 0) is 0 Å². The van der Waals surface area contributed by atoms with Crippen LogP contribution in [0.1, 0.15) is 5.56 Å². The Morgan fingerprint density at radius 1 is 1.09 bits per heavy atom. The van der Waals surface area contributed by atoms with Crippen molar-refractivity contribution in [1.82, 2.24) is 0 Å². The zero-order valence-corrected chi connectivity index (χ0v) is 11.7. The summed E-state index contributed by atoms with van der Waals surface area (Å²) in [5.74, 6) is 0. The first-order chi connectivity index (χ1) is 5.02. The molecule has 0 saturated carbocycles. The van der Waals surface area contributed by atoms with Gasteiger partial charge in [0.2, 0.25) is 0 Å². The number of hydrogen-bond donors (Lipinski definition) is 0. The minimum absolute atomic E-state index is 1.31. The van der Waals surface area contributed by atoms with Gasteiger partial charge in [0.1, 0.15) is 0 Å². The van der Waals surface area contributed by atoms with E-state index in [1.165, 1.54) is 10.8 Å². The Balaban J connectivity index is 3.14. The third kappa shape index (κ3) is 2.68. The molecule has 0 radical (unpaired) electrons. The molecule has 11 heavy (non-hydrogen) atoms. The van der Waals surface area contributed by atoms with Crippen LogP contribution in [0.3, 0.4) is 0 Å². The molecule has 0 unspecified atom stereocenters. The molecule has 0 aromatic heterocycles. The molecule has 0 atom stereocenters. The van der Waals surface area contributed by atoms with Crippen molar-refractivity contribution in [2.24, 2.45) is 0 Å². The van der Waals surface area contributed by atoms with E-state index < -0.39 is 3.93 Å². The number of aryl methyl sites for hydroxylation is 1. The molecule has 0 aliphatic carbocycles. The Kier molecular flexibility index (Phi) is 3.37. The molecule has 0 amide bonds. The van der Waals surface area contributed by atoms with Crippen molar-refractivity contribution in [2.45, 2.75) is 6.92 Å². The highest BCUT2D eigenvalue weighted by Crippen LogP contribution is 2.27. The van der Waals surface area contributed by atoms with E-state index in [0.717, 1.165) is 0 Å². The Morgan fingerprint density at radius 2 is 1.64 bits per heavy atom. The Labute approximate surface area is 91.1 Å². The summed E-state index contributed by atoms with van der Waals surface area (Å²) < 4.78 is -1.64. The molecule has 4 heteroatoms. The van der Waals surface area contributed by atoms with Gasteiger partial charge in [-0.2, -0.15) is 0 Å². The average molecular weight is 359 g/mol. The van der Waals surface area contributed by atoms with Crippen LogP contribution in [0.5, 0.6) is 0 Å². The third-order valence-corrected chi connectivity index (χ3v) is 6.47. The van der Waals surface area contributed by atoms with Crippen LogP contribution in [-0.4, -0.2) is 3.93 Å². The minimum atomic E-state index is -1.64. The van der Waals surface area contributed by atoms with Crippen LogP contribution < -0.4 is 5.19 Å². The van der Waals surface area contributed by atoms with Gasteiger partial charge >= 0.3 is 0 Å². The van der Waals surface area contributed by atoms with E-state index in [1.807, 2.05) is 12.1 Å². The summed E-state index contributed by atoms with van der Waals surface area (Å²) in [5, 5.41) is 1.33. The minimum Gasteiger partial charge on any atom is -0.0910 e. The smallest absolute Gasteiger partial charge is 0.0910 e. The molecule has 1 rings (SSSR count). The third-order valence-electron chi connectivity index (χ3n) is 1.45. The van der Waals surface area contributed by atoms with Gasteiger partial charge in [0.15, 0.2) is 0 Å². The molecule has 1 aromatic rings. The van der Waals surface area contributed by atoms with Gasteiger partial charge in [-0.25, -0.2) is 0 Å². The molecule has 0 spiro atoms. The van der Waals surface area contributed by atoms with E-state index in [0.29, 0.717) is 0 Å². The highest BCUT2D eigenvalue weighted by Gasteiger charge is 2.26. The topological polar surface area (TPSA) is 0 Å². The van der Waals surface area contributed by atoms with Crippen LogP contribution in [0.15, 0.2) is 24.3 Å². The van der Waals surface area contributed by atoms with Gasteiger partial charge in [0.05, 0.1) is 0 Å². The summed E-state index contributed by atoms with van der Waals surface area (Å²) in [4.78, 5) is 0. The van der Waals surface area contributed by atoms with Gasteiger partial charge in [-0.3, -0.25) is 0 Å². The fourth-order valence-electron chi connectivity index (χ4n) is 0.891. The summed E-state index contributed by atoms with van der Waals surface area (Å²) in [6.45, 7) is 2.11. The fraction of sp³-hybridized carbons (Fsp3) is 0.143. The summed E-state index contributed by atoms with van der Waals surface area (Å²) in [6.07, 6.45) is 0. The molecule has 1 aromatic carbocycles. The van der Waals surface area contributed by atoms with Crippen LogP contribution >= 0.6 is 45.9 Å². The molecular formula is C7H7Br3Si. The molecule has 0 bridgehead atoms. The molecule has 0 aliphatic rings. The van der Waals surface area contributed by atoms with Crippen molar-refractivity contribution in [2.75, 3.05) is 0 Å². The molecular weight excluding hydrogens is 352 g/mol. The SMILES string of the molecule is Cc1ccccc1[Si](Br)(Br)Br. The van der Waals surface area contributed by atoms with Crippen LogP contribution in [0.2, 0.25) is 0 Å². The molecule has 0 N–H and O–H groups in total. The fourth-order valence-corrected chi connectivity index (χ4v) is 5.71. The Morgan fingerprint density at radius 3 is 2.00 bits per heavy atom. The predicted molar refractivity (Wildman–Crippen MR) is 63.3 cm³/mol. The molecule has 0 aliphatic heterocycles. The summed E-state index contributed by atoms with van der Waals surface area (Å²) in [6, 6.07) is 8.33. The van der Waals surface area contributed by atoms with E-state index in [9.17, 15) is 0 Å². The number of hydrogen-bond acceptors (Lipinski definition) is 0. The van der Waals surface area contributed by atoms with Crippen molar-refractivity contribution < 1.29 is 0 Å². The lowest BCUT2D eigenvalue weighted by atomic mass is 10.2. The second kappa shape index (κ2) is 3.73. The quantitative estimate of drug-likeness (QED) is 0.533. The molecule has 0 nitrogen and oxygen atoms in total. The predicted octanol–water partition coefficient (Wildman–Crippen LogP) is 3.33. The maximum Gasteiger partial charge on any atom is 0.297 e. The largest absolute Gasteiger partial charge is 0.297 e. The lowest BCUT2D eigenvalue weighted by Crippen LogP contribution is -2.30. The average Bonchev–Trinajstić information content (AvgIpc) is 1.86. The number of halogens is 3. The van der Waals surface area contributed by atoms with Crippen molar-refractivity contribution in [3.63, 3.8) is 0 Å². The Bertz CT molecular complexity index is 254. The van der Waals surface area contributed by atoms with Crippen LogP contribution in [0.4, 0.5) is 0 Å². The number of benzene rings is 1. The van der Waals surface area contributed by atoms with Gasteiger partial charge in [-0.15, -0.1) is 0 Å². The van der Waals surface area contributed by atoms with Gasteiger partial charge in [0, 0.05) is 0 Å². The number of rotatable bonds is 1. The second-order valence-electron chi connectivity index (χ2n) is 2.31. The summed E-state index contributed by atoms with van der Waals surface area (Å²) in [5.41, 5.74) is 1.31. The highest BCUT2D eigenvalue weighted by atomic mass is 80.0. The second-order valence-corrected chi connectivity index (χ2v) is 24.1. The first-order valence-corrected chi connectivity index (χ1v) is 11.9. The van der Waals surface area contributed by atoms with Gasteiger partial charge in [-0.1, -0.05) is 70.1 Å². The van der Waals surface area contributed by atoms with Crippen LogP contribution in [0.25, 0.3) is 0 Å². The maximum absolute atomic E-state index is 3.61. The van der Waals surface area contributed by atoms with Crippen LogP contribution in [0, 0.1) is 6.92 Å². The zero-order valence-electron chi connectivity index (χ0n) is 5.94. The van der Waals surface area contributed by atoms with Crippen molar-refractivity contribution >= 4 is 55.0 Å². The van der Waals surface area contributed by atoms with E-state index >= 15 is 0 Å². The van der Waals surface area contributed by atoms with Crippen molar-refractivity contribution in [3.8, 4) is 0 Å². The standard InChI is InChI=1S/C7H7Br3Si/c1-6-4-2-3-5-7(6)11(8,9)10/h2-5H,1H3. The van der Waals surface area contributed by atoms with E-state index in [1.54, 1.807) is 0 Å². The monoisotopic (exact) mass is 356 g/mol. The molecule has 0 heterocycles. The summed E-state index contributed by atoms with van der Waals surface area (Å²) >= 11 is 10.8. The molecule has 60 valence electrons. The lowest BCUT2D eigenvalue weighted by molar-refractivity contribution is 1.52. The van der Waals surface area contributed by atoms with Gasteiger partial charge in [0.25, 0.3) is 3.93 Å². The normalized spacial score (nSPS) is 11.6. The molecule has 0 fully saturated rings. The van der Waals surface area contributed by atoms with Crippen molar-refractivity contribution in [3.05, 3.63) is 29.8 Å².